The average Bonchev–Trinajstić information content (AvgIpc) is 3.16. The summed E-state index contributed by atoms with van der Waals surface area (Å²) in [4.78, 5) is 46.9. The van der Waals surface area contributed by atoms with Crippen LogP contribution in [0, 0.1) is 0 Å². The first-order valence-electron chi connectivity index (χ1n) is 7.89. The highest BCUT2D eigenvalue weighted by Gasteiger charge is 2.28. The number of aromatic nitrogens is 3. The van der Waals surface area contributed by atoms with Gasteiger partial charge in [-0.2, -0.15) is 0 Å². The first kappa shape index (κ1) is 16.4. The largest absolute Gasteiger partial charge is 0.325 e. The summed E-state index contributed by atoms with van der Waals surface area (Å²) in [6.45, 7) is 3.12. The number of hydrogen-bond acceptors (Lipinski definition) is 5. The summed E-state index contributed by atoms with van der Waals surface area (Å²) in [5.74, 6) is -0.0438. The Morgan fingerprint density at radius 2 is 2.29 bits per heavy atom. The topological polar surface area (TPSA) is 111 Å². The number of anilines is 1. The number of aromatic amines is 2. The van der Waals surface area contributed by atoms with Gasteiger partial charge < -0.3 is 9.88 Å². The Balaban J connectivity index is 1.63. The second kappa shape index (κ2) is 7.00. The Morgan fingerprint density at radius 3 is 3.04 bits per heavy atom. The summed E-state index contributed by atoms with van der Waals surface area (Å²) in [5, 5.41) is 3.41. The molecule has 0 spiro atoms. The Hall–Kier alpha value is -2.42. The molecule has 2 aromatic rings. The lowest BCUT2D eigenvalue weighted by molar-refractivity contribution is 0.222. The number of thiazole rings is 1. The van der Waals surface area contributed by atoms with E-state index >= 15 is 0 Å². The lowest BCUT2D eigenvalue weighted by atomic mass is 10.1. The van der Waals surface area contributed by atoms with Gasteiger partial charge in [-0.25, -0.2) is 14.6 Å². The summed E-state index contributed by atoms with van der Waals surface area (Å²) in [5.41, 5.74) is -0.381. The van der Waals surface area contributed by atoms with Crippen molar-refractivity contribution in [3.8, 4) is 0 Å². The highest BCUT2D eigenvalue weighted by molar-refractivity contribution is 7.15. The van der Waals surface area contributed by atoms with Crippen LogP contribution < -0.4 is 16.6 Å². The molecule has 9 heteroatoms. The Bertz CT molecular complexity index is 812. The summed E-state index contributed by atoms with van der Waals surface area (Å²) < 4.78 is 0. The molecule has 24 heavy (non-hydrogen) atoms. The number of rotatable bonds is 4. The molecule has 2 amide bonds. The third-order valence-electron chi connectivity index (χ3n) is 3.96. The summed E-state index contributed by atoms with van der Waals surface area (Å²) in [6, 6.07) is 1.17. The minimum Gasteiger partial charge on any atom is -0.324 e. The predicted molar refractivity (Wildman–Crippen MR) is 91.7 cm³/mol. The third-order valence-corrected chi connectivity index (χ3v) is 4.93. The SMILES string of the molecule is CCCc1cnc(NC(=O)N2CCC(c3cc(=O)[nH]c(=O)[nH]3)C2)s1. The van der Waals surface area contributed by atoms with E-state index in [0.29, 0.717) is 30.3 Å². The maximum absolute atomic E-state index is 12.3. The van der Waals surface area contributed by atoms with E-state index in [2.05, 4.69) is 27.2 Å². The van der Waals surface area contributed by atoms with E-state index in [0.717, 1.165) is 17.7 Å². The zero-order valence-corrected chi connectivity index (χ0v) is 14.1. The van der Waals surface area contributed by atoms with E-state index in [1.165, 1.54) is 17.4 Å². The molecule has 0 aliphatic carbocycles. The fourth-order valence-corrected chi connectivity index (χ4v) is 3.71. The van der Waals surface area contributed by atoms with Crippen LogP contribution in [0.5, 0.6) is 0 Å². The molecule has 1 atom stereocenters. The van der Waals surface area contributed by atoms with Crippen LogP contribution in [0.15, 0.2) is 21.9 Å². The molecule has 3 N–H and O–H groups in total. The molecular weight excluding hydrogens is 330 g/mol. The quantitative estimate of drug-likeness (QED) is 0.776. The molecule has 1 saturated heterocycles. The molecule has 1 aliphatic heterocycles. The van der Waals surface area contributed by atoms with E-state index in [1.54, 1.807) is 11.1 Å². The van der Waals surface area contributed by atoms with Gasteiger partial charge in [-0.15, -0.1) is 11.3 Å². The van der Waals surface area contributed by atoms with Gasteiger partial charge in [0.25, 0.3) is 5.56 Å². The van der Waals surface area contributed by atoms with Crippen molar-refractivity contribution in [3.05, 3.63) is 43.7 Å². The number of nitrogens with one attached hydrogen (secondary N) is 3. The number of amides is 2. The van der Waals surface area contributed by atoms with Crippen LogP contribution in [0.1, 0.15) is 36.3 Å². The second-order valence-corrected chi connectivity index (χ2v) is 6.90. The van der Waals surface area contributed by atoms with Gasteiger partial charge in [-0.1, -0.05) is 13.3 Å². The molecular formula is C15H19N5O3S. The van der Waals surface area contributed by atoms with Crippen molar-refractivity contribution in [1.82, 2.24) is 19.9 Å². The van der Waals surface area contributed by atoms with Crippen molar-refractivity contribution < 1.29 is 4.79 Å². The van der Waals surface area contributed by atoms with Crippen LogP contribution in [0.25, 0.3) is 0 Å². The van der Waals surface area contributed by atoms with Crippen LogP contribution in [0.4, 0.5) is 9.93 Å². The number of H-pyrrole nitrogens is 2. The highest BCUT2D eigenvalue weighted by atomic mass is 32.1. The van der Waals surface area contributed by atoms with Gasteiger partial charge in [0, 0.05) is 41.8 Å². The molecule has 3 heterocycles. The maximum Gasteiger partial charge on any atom is 0.325 e. The van der Waals surface area contributed by atoms with Crippen LogP contribution in [-0.2, 0) is 6.42 Å². The average molecular weight is 349 g/mol. The van der Waals surface area contributed by atoms with Gasteiger partial charge in [0.1, 0.15) is 0 Å². The highest BCUT2D eigenvalue weighted by Crippen LogP contribution is 2.26. The molecule has 0 aromatic carbocycles. The van der Waals surface area contributed by atoms with E-state index in [4.69, 9.17) is 0 Å². The molecule has 1 unspecified atom stereocenters. The molecule has 128 valence electrons. The predicted octanol–water partition coefficient (Wildman–Crippen LogP) is 1.49. The number of aryl methyl sites for hydroxylation is 1. The van der Waals surface area contributed by atoms with Crippen molar-refractivity contribution in [3.63, 3.8) is 0 Å². The third kappa shape index (κ3) is 3.73. The number of carbonyl (C=O) groups is 1. The Kier molecular flexibility index (Phi) is 4.79. The number of likely N-dealkylation sites (tertiary alicyclic amines) is 1. The van der Waals surface area contributed by atoms with Gasteiger partial charge in [0.2, 0.25) is 0 Å². The Morgan fingerprint density at radius 1 is 1.46 bits per heavy atom. The van der Waals surface area contributed by atoms with Crippen LogP contribution in [0.2, 0.25) is 0 Å². The zero-order chi connectivity index (χ0) is 17.1. The fourth-order valence-electron chi connectivity index (χ4n) is 2.80. The Labute approximate surface area is 141 Å². The lowest BCUT2D eigenvalue weighted by Crippen LogP contribution is -2.33. The molecule has 1 fully saturated rings. The molecule has 3 rings (SSSR count). The molecule has 8 nitrogen and oxygen atoms in total. The summed E-state index contributed by atoms with van der Waals surface area (Å²) >= 11 is 1.48. The van der Waals surface area contributed by atoms with Gasteiger partial charge >= 0.3 is 11.7 Å². The van der Waals surface area contributed by atoms with Crippen LogP contribution >= 0.6 is 11.3 Å². The normalized spacial score (nSPS) is 17.2. The van der Waals surface area contributed by atoms with E-state index in [1.807, 2.05) is 0 Å². The fraction of sp³-hybridized carbons (Fsp3) is 0.467. The first-order chi connectivity index (χ1) is 11.5. The second-order valence-electron chi connectivity index (χ2n) is 5.79. The number of hydrogen-bond donors (Lipinski definition) is 3. The first-order valence-corrected chi connectivity index (χ1v) is 8.71. The van der Waals surface area contributed by atoms with Gasteiger partial charge in [0.15, 0.2) is 5.13 Å². The van der Waals surface area contributed by atoms with Crippen molar-refractivity contribution in [2.45, 2.75) is 32.1 Å². The number of nitrogens with zero attached hydrogens (tertiary/aromatic N) is 2. The minimum atomic E-state index is -0.522. The van der Waals surface area contributed by atoms with Gasteiger partial charge in [0.05, 0.1) is 0 Å². The summed E-state index contributed by atoms with van der Waals surface area (Å²) in [7, 11) is 0. The minimum absolute atomic E-state index is 0.0438. The van der Waals surface area contributed by atoms with Gasteiger partial charge in [-0.3, -0.25) is 15.1 Å². The zero-order valence-electron chi connectivity index (χ0n) is 13.3. The maximum atomic E-state index is 12.3. The molecule has 0 bridgehead atoms. The number of urea groups is 1. The van der Waals surface area contributed by atoms with Gasteiger partial charge in [-0.05, 0) is 12.8 Å². The summed E-state index contributed by atoms with van der Waals surface area (Å²) in [6.07, 6.45) is 4.48. The van der Waals surface area contributed by atoms with Crippen molar-refractivity contribution in [2.75, 3.05) is 18.4 Å². The van der Waals surface area contributed by atoms with Crippen LogP contribution in [-0.4, -0.2) is 39.0 Å². The van der Waals surface area contributed by atoms with Crippen molar-refractivity contribution in [1.29, 1.82) is 0 Å². The van der Waals surface area contributed by atoms with E-state index < -0.39 is 11.2 Å². The van der Waals surface area contributed by atoms with E-state index in [-0.39, 0.29) is 11.9 Å². The standard InChI is InChI=1S/C15H19N5O3S/c1-2-3-10-7-16-14(24-10)19-15(23)20-5-4-9(8-20)11-6-12(21)18-13(22)17-11/h6-7,9H,2-5,8H2,1H3,(H,16,19,23)(H2,17,18,21,22). The monoisotopic (exact) mass is 349 g/mol. The molecule has 0 saturated carbocycles. The number of carbonyl (C=O) groups excluding carboxylic acids is 1. The molecule has 2 aromatic heterocycles. The molecule has 0 radical (unpaired) electrons. The van der Waals surface area contributed by atoms with Crippen LogP contribution in [0.3, 0.4) is 0 Å². The van der Waals surface area contributed by atoms with E-state index in [9.17, 15) is 14.4 Å². The van der Waals surface area contributed by atoms with Crippen molar-refractivity contribution in [2.24, 2.45) is 0 Å². The smallest absolute Gasteiger partial charge is 0.324 e. The molecule has 1 aliphatic rings. The lowest BCUT2D eigenvalue weighted by Gasteiger charge is -2.16. The van der Waals surface area contributed by atoms with Crippen molar-refractivity contribution >= 4 is 22.5 Å².